The van der Waals surface area contributed by atoms with E-state index >= 15 is 0 Å². The van der Waals surface area contributed by atoms with Crippen molar-refractivity contribution < 1.29 is 0 Å². The summed E-state index contributed by atoms with van der Waals surface area (Å²) >= 11 is 0. The van der Waals surface area contributed by atoms with Crippen LogP contribution in [0.4, 0.5) is 5.69 Å². The topological polar surface area (TPSA) is 43.8 Å². The largest absolute Gasteiger partial charge is 0.396 e. The molecule has 0 bridgehead atoms. The van der Waals surface area contributed by atoms with Crippen LogP contribution in [0.2, 0.25) is 0 Å². The molecule has 0 amide bonds. The Morgan fingerprint density at radius 1 is 1.69 bits per heavy atom. The van der Waals surface area contributed by atoms with Gasteiger partial charge in [-0.3, -0.25) is 4.68 Å². The molecule has 13 heavy (non-hydrogen) atoms. The Morgan fingerprint density at radius 2 is 2.46 bits per heavy atom. The van der Waals surface area contributed by atoms with Crippen LogP contribution in [0.15, 0.2) is 31.0 Å². The van der Waals surface area contributed by atoms with Crippen molar-refractivity contribution in [3.8, 4) is 0 Å². The summed E-state index contributed by atoms with van der Waals surface area (Å²) in [7, 11) is 0. The molecule has 0 aliphatic heterocycles. The normalized spacial score (nSPS) is 10.8. The Morgan fingerprint density at radius 3 is 3.00 bits per heavy atom. The maximum atomic E-state index is 5.65. The van der Waals surface area contributed by atoms with Crippen LogP contribution < -0.4 is 5.73 Å². The highest BCUT2D eigenvalue weighted by molar-refractivity contribution is 5.39. The summed E-state index contributed by atoms with van der Waals surface area (Å²) in [6, 6.07) is 0. The van der Waals surface area contributed by atoms with E-state index in [0.717, 1.165) is 24.3 Å². The summed E-state index contributed by atoms with van der Waals surface area (Å²) in [6.07, 6.45) is 8.40. The van der Waals surface area contributed by atoms with Gasteiger partial charge in [0.2, 0.25) is 0 Å². The second-order valence-electron chi connectivity index (χ2n) is 2.86. The predicted octanol–water partition coefficient (Wildman–Crippen LogP) is 1.91. The second kappa shape index (κ2) is 4.50. The van der Waals surface area contributed by atoms with Crippen LogP contribution in [0, 0.1) is 6.92 Å². The fourth-order valence-electron chi connectivity index (χ4n) is 1.08. The minimum Gasteiger partial charge on any atom is -0.396 e. The van der Waals surface area contributed by atoms with Crippen molar-refractivity contribution in [2.75, 3.05) is 5.73 Å². The van der Waals surface area contributed by atoms with Crippen molar-refractivity contribution in [3.05, 3.63) is 36.7 Å². The van der Waals surface area contributed by atoms with Crippen LogP contribution in [0.3, 0.4) is 0 Å². The van der Waals surface area contributed by atoms with Gasteiger partial charge in [0.05, 0.1) is 17.6 Å². The van der Waals surface area contributed by atoms with Crippen LogP contribution in [-0.2, 0) is 6.54 Å². The highest BCUT2D eigenvalue weighted by Gasteiger charge is 2.00. The number of allylic oxidation sites excluding steroid dienone is 3. The van der Waals surface area contributed by atoms with Crippen LogP contribution in [0.5, 0.6) is 0 Å². The first-order chi connectivity index (χ1) is 6.25. The number of nitrogen functional groups attached to an aromatic ring is 1. The van der Waals surface area contributed by atoms with Gasteiger partial charge in [-0.15, -0.1) is 0 Å². The van der Waals surface area contributed by atoms with Crippen LogP contribution in [-0.4, -0.2) is 9.78 Å². The van der Waals surface area contributed by atoms with E-state index in [1.807, 2.05) is 17.7 Å². The van der Waals surface area contributed by atoms with Crippen molar-refractivity contribution in [3.63, 3.8) is 0 Å². The molecule has 3 heteroatoms. The fraction of sp³-hybridized carbons (Fsp3) is 0.300. The monoisotopic (exact) mass is 177 g/mol. The molecule has 1 aromatic rings. The number of nitrogens with two attached hydrogens (primary N) is 1. The fourth-order valence-corrected chi connectivity index (χ4v) is 1.08. The highest BCUT2D eigenvalue weighted by atomic mass is 15.3. The van der Waals surface area contributed by atoms with Crippen molar-refractivity contribution in [1.29, 1.82) is 0 Å². The van der Waals surface area contributed by atoms with E-state index in [4.69, 9.17) is 5.73 Å². The summed E-state index contributed by atoms with van der Waals surface area (Å²) < 4.78 is 1.91. The molecule has 0 saturated heterocycles. The van der Waals surface area contributed by atoms with E-state index in [1.165, 1.54) is 0 Å². The summed E-state index contributed by atoms with van der Waals surface area (Å²) in [5.41, 5.74) is 7.44. The van der Waals surface area contributed by atoms with E-state index in [2.05, 4.69) is 17.8 Å². The molecule has 1 heterocycles. The number of hydrogen-bond donors (Lipinski definition) is 1. The van der Waals surface area contributed by atoms with Crippen molar-refractivity contribution in [2.24, 2.45) is 0 Å². The zero-order valence-corrected chi connectivity index (χ0v) is 7.90. The van der Waals surface area contributed by atoms with Gasteiger partial charge in [0.1, 0.15) is 0 Å². The molecule has 0 radical (unpaired) electrons. The lowest BCUT2D eigenvalue weighted by Gasteiger charge is -2.00. The van der Waals surface area contributed by atoms with Gasteiger partial charge in [0.25, 0.3) is 0 Å². The van der Waals surface area contributed by atoms with Crippen LogP contribution in [0.1, 0.15) is 12.1 Å². The van der Waals surface area contributed by atoms with E-state index in [-0.39, 0.29) is 0 Å². The van der Waals surface area contributed by atoms with Crippen LogP contribution >= 0.6 is 0 Å². The Bertz CT molecular complexity index is 310. The molecular formula is C10H15N3. The summed E-state index contributed by atoms with van der Waals surface area (Å²) in [6.45, 7) is 6.44. The smallest absolute Gasteiger partial charge is 0.0730 e. The predicted molar refractivity (Wildman–Crippen MR) is 55.3 cm³/mol. The lowest BCUT2D eigenvalue weighted by Crippen LogP contribution is -2.01. The Hall–Kier alpha value is -1.51. The molecule has 0 aliphatic carbocycles. The van der Waals surface area contributed by atoms with E-state index in [1.54, 1.807) is 12.3 Å². The Kier molecular flexibility index (Phi) is 3.31. The molecule has 0 spiro atoms. The third-order valence-electron chi connectivity index (χ3n) is 1.92. The molecule has 1 rings (SSSR count). The molecule has 0 unspecified atom stereocenters. The number of hydrogen-bond acceptors (Lipinski definition) is 2. The van der Waals surface area contributed by atoms with Crippen LogP contribution in [0.25, 0.3) is 0 Å². The zero-order chi connectivity index (χ0) is 9.68. The molecule has 1 aromatic heterocycles. The van der Waals surface area contributed by atoms with E-state index < -0.39 is 0 Å². The van der Waals surface area contributed by atoms with Crippen molar-refractivity contribution in [2.45, 2.75) is 19.9 Å². The van der Waals surface area contributed by atoms with Crippen molar-refractivity contribution in [1.82, 2.24) is 9.78 Å². The third kappa shape index (κ3) is 2.47. The number of anilines is 1. The minimum absolute atomic E-state index is 0.757. The van der Waals surface area contributed by atoms with Gasteiger partial charge in [-0.2, -0.15) is 5.10 Å². The van der Waals surface area contributed by atoms with Gasteiger partial charge in [-0.1, -0.05) is 24.8 Å². The molecule has 2 N–H and O–H groups in total. The standard InChI is InChI=1S/C10H15N3/c1-3-4-5-6-7-13-9(2)10(11)8-12-13/h3-5,8H,1,6-7,11H2,2H3/b5-4+. The van der Waals surface area contributed by atoms with Gasteiger partial charge in [0, 0.05) is 6.54 Å². The van der Waals surface area contributed by atoms with Gasteiger partial charge >= 0.3 is 0 Å². The first-order valence-corrected chi connectivity index (χ1v) is 4.31. The Labute approximate surface area is 78.6 Å². The first kappa shape index (κ1) is 9.58. The lowest BCUT2D eigenvalue weighted by molar-refractivity contribution is 0.607. The summed E-state index contributed by atoms with van der Waals surface area (Å²) in [5, 5.41) is 4.14. The second-order valence-corrected chi connectivity index (χ2v) is 2.86. The molecule has 0 aromatic carbocycles. The first-order valence-electron chi connectivity index (χ1n) is 4.31. The maximum absolute atomic E-state index is 5.65. The Balaban J connectivity index is 2.50. The number of rotatable bonds is 4. The minimum atomic E-state index is 0.757. The average molecular weight is 177 g/mol. The number of nitrogens with zero attached hydrogens (tertiary/aromatic N) is 2. The average Bonchev–Trinajstić information content (AvgIpc) is 2.43. The highest BCUT2D eigenvalue weighted by Crippen LogP contribution is 2.08. The number of aryl methyl sites for hydroxylation is 1. The van der Waals surface area contributed by atoms with Gasteiger partial charge < -0.3 is 5.73 Å². The zero-order valence-electron chi connectivity index (χ0n) is 7.90. The SMILES string of the molecule is C=C/C=C/CCn1ncc(N)c1C. The van der Waals surface area contributed by atoms with Crippen molar-refractivity contribution >= 4 is 5.69 Å². The van der Waals surface area contributed by atoms with E-state index in [9.17, 15) is 0 Å². The molecule has 3 nitrogen and oxygen atoms in total. The molecule has 70 valence electrons. The summed E-state index contributed by atoms with van der Waals surface area (Å²) in [5.74, 6) is 0. The quantitative estimate of drug-likeness (QED) is 0.714. The van der Waals surface area contributed by atoms with Gasteiger partial charge in [-0.05, 0) is 13.3 Å². The maximum Gasteiger partial charge on any atom is 0.0730 e. The van der Waals surface area contributed by atoms with E-state index in [0.29, 0.717) is 0 Å². The van der Waals surface area contributed by atoms with Gasteiger partial charge in [-0.25, -0.2) is 0 Å². The molecule has 0 saturated carbocycles. The third-order valence-corrected chi connectivity index (χ3v) is 1.92. The molecule has 0 aliphatic rings. The molecule has 0 atom stereocenters. The molecular weight excluding hydrogens is 162 g/mol. The van der Waals surface area contributed by atoms with Gasteiger partial charge in [0.15, 0.2) is 0 Å². The molecule has 0 fully saturated rings. The number of aromatic nitrogens is 2. The lowest BCUT2D eigenvalue weighted by atomic mass is 10.3. The summed E-state index contributed by atoms with van der Waals surface area (Å²) in [4.78, 5) is 0.